The van der Waals surface area contributed by atoms with Crippen molar-refractivity contribution in [2.75, 3.05) is 22.6 Å². The van der Waals surface area contributed by atoms with Crippen LogP contribution in [0.4, 0.5) is 22.7 Å². The molecule has 0 radical (unpaired) electrons. The number of hydrogen-bond acceptors (Lipinski definition) is 8. The quantitative estimate of drug-likeness (QED) is 0.242. The molecule has 3 N–H and O–H groups in total. The SMILES string of the molecule is COc1ccc(CO)c(N2Cc3c(Cl)ccc(Nc4c(N[C@@H](c5ccc(C)o5)C(C)(C)C)c(=O)c4=O)c3C2=O)c1. The molecule has 0 aliphatic carbocycles. The van der Waals surface area contributed by atoms with Crippen molar-refractivity contribution in [3.05, 3.63) is 96.1 Å². The molecule has 0 bridgehead atoms. The van der Waals surface area contributed by atoms with Gasteiger partial charge in [-0.05, 0) is 42.7 Å². The fourth-order valence-corrected chi connectivity index (χ4v) is 5.21. The van der Waals surface area contributed by atoms with E-state index in [0.717, 1.165) is 5.76 Å². The molecule has 0 saturated heterocycles. The Hall–Kier alpha value is -4.08. The lowest BCUT2D eigenvalue weighted by molar-refractivity contribution is 0.0997. The maximum atomic E-state index is 13.8. The van der Waals surface area contributed by atoms with Crippen molar-refractivity contribution < 1.29 is 19.1 Å². The van der Waals surface area contributed by atoms with Crippen LogP contribution in [0.3, 0.4) is 0 Å². The molecule has 40 heavy (non-hydrogen) atoms. The number of aliphatic hydroxyl groups is 1. The predicted octanol–water partition coefficient (Wildman–Crippen LogP) is 5.44. The highest BCUT2D eigenvalue weighted by molar-refractivity contribution is 6.33. The predicted molar refractivity (Wildman–Crippen MR) is 155 cm³/mol. The van der Waals surface area contributed by atoms with Gasteiger partial charge in [-0.15, -0.1) is 0 Å². The number of hydrogen-bond donors (Lipinski definition) is 3. The van der Waals surface area contributed by atoms with Crippen LogP contribution >= 0.6 is 11.6 Å². The number of amides is 1. The van der Waals surface area contributed by atoms with E-state index in [1.165, 1.54) is 12.0 Å². The number of methoxy groups -OCH3 is 1. The fraction of sp³-hybridized carbons (Fsp3) is 0.300. The van der Waals surface area contributed by atoms with Crippen LogP contribution in [0.1, 0.15) is 59.8 Å². The first-order chi connectivity index (χ1) is 18.9. The third-order valence-corrected chi connectivity index (χ3v) is 7.51. The molecular formula is C30H30ClN3O6. The Morgan fingerprint density at radius 3 is 2.42 bits per heavy atom. The molecule has 208 valence electrons. The first-order valence-corrected chi connectivity index (χ1v) is 13.2. The number of anilines is 4. The molecule has 4 aromatic rings. The van der Waals surface area contributed by atoms with Gasteiger partial charge in [0.15, 0.2) is 0 Å². The third-order valence-electron chi connectivity index (χ3n) is 7.15. The number of aliphatic hydroxyl groups excluding tert-OH is 1. The van der Waals surface area contributed by atoms with Gasteiger partial charge >= 0.3 is 0 Å². The van der Waals surface area contributed by atoms with Crippen LogP contribution in [-0.2, 0) is 13.2 Å². The van der Waals surface area contributed by atoms with Crippen molar-refractivity contribution in [3.63, 3.8) is 0 Å². The summed E-state index contributed by atoms with van der Waals surface area (Å²) in [7, 11) is 1.52. The van der Waals surface area contributed by atoms with E-state index in [1.54, 1.807) is 30.3 Å². The number of nitrogens with zero attached hydrogens (tertiary/aromatic N) is 1. The highest BCUT2D eigenvalue weighted by atomic mass is 35.5. The molecule has 1 amide bonds. The molecule has 2 heterocycles. The monoisotopic (exact) mass is 563 g/mol. The zero-order valence-electron chi connectivity index (χ0n) is 22.8. The minimum Gasteiger partial charge on any atom is -0.497 e. The van der Waals surface area contributed by atoms with E-state index in [2.05, 4.69) is 10.6 Å². The molecule has 1 aliphatic heterocycles. The number of fused-ring (bicyclic) bond motifs is 1. The van der Waals surface area contributed by atoms with Gasteiger partial charge in [0.25, 0.3) is 16.8 Å². The van der Waals surface area contributed by atoms with Gasteiger partial charge in [0.2, 0.25) is 0 Å². The van der Waals surface area contributed by atoms with E-state index in [0.29, 0.717) is 39.0 Å². The van der Waals surface area contributed by atoms with Gasteiger partial charge in [-0.2, -0.15) is 0 Å². The number of ether oxygens (including phenoxy) is 1. The van der Waals surface area contributed by atoms with Gasteiger partial charge in [-0.3, -0.25) is 14.4 Å². The van der Waals surface area contributed by atoms with Crippen molar-refractivity contribution in [1.29, 1.82) is 0 Å². The Balaban J connectivity index is 1.51. The normalized spacial score (nSPS) is 14.0. The Kier molecular flexibility index (Phi) is 6.97. The zero-order valence-corrected chi connectivity index (χ0v) is 23.6. The molecule has 3 aromatic carbocycles. The van der Waals surface area contributed by atoms with Crippen LogP contribution < -0.4 is 31.1 Å². The van der Waals surface area contributed by atoms with Crippen LogP contribution in [0, 0.1) is 12.3 Å². The number of carbonyl (C=O) groups excluding carboxylic acids is 1. The molecule has 10 heteroatoms. The summed E-state index contributed by atoms with van der Waals surface area (Å²) >= 11 is 6.51. The summed E-state index contributed by atoms with van der Waals surface area (Å²) in [6.07, 6.45) is 0. The number of carbonyl (C=O) groups is 1. The molecule has 1 atom stereocenters. The lowest BCUT2D eigenvalue weighted by Gasteiger charge is -2.31. The molecule has 0 saturated carbocycles. The van der Waals surface area contributed by atoms with Crippen molar-refractivity contribution in [1.82, 2.24) is 0 Å². The van der Waals surface area contributed by atoms with Crippen molar-refractivity contribution in [2.45, 2.75) is 46.9 Å². The Morgan fingerprint density at radius 1 is 1.07 bits per heavy atom. The van der Waals surface area contributed by atoms with E-state index in [-0.39, 0.29) is 41.4 Å². The molecule has 0 unspecified atom stereocenters. The van der Waals surface area contributed by atoms with Crippen LogP contribution in [0.25, 0.3) is 0 Å². The number of aryl methyl sites for hydroxylation is 1. The fourth-order valence-electron chi connectivity index (χ4n) is 4.99. The van der Waals surface area contributed by atoms with Crippen LogP contribution in [0.5, 0.6) is 5.75 Å². The highest BCUT2D eigenvalue weighted by Crippen LogP contribution is 2.41. The summed E-state index contributed by atoms with van der Waals surface area (Å²) in [6.45, 7) is 7.72. The molecule has 5 rings (SSSR count). The Labute approximate surface area is 236 Å². The van der Waals surface area contributed by atoms with E-state index < -0.39 is 16.9 Å². The maximum Gasteiger partial charge on any atom is 0.261 e. The lowest BCUT2D eigenvalue weighted by Crippen LogP contribution is -2.39. The van der Waals surface area contributed by atoms with E-state index in [9.17, 15) is 19.5 Å². The summed E-state index contributed by atoms with van der Waals surface area (Å²) in [5.41, 5.74) is 0.719. The first kappa shape index (κ1) is 27.5. The summed E-state index contributed by atoms with van der Waals surface area (Å²) in [4.78, 5) is 40.7. The largest absolute Gasteiger partial charge is 0.497 e. The molecule has 0 fully saturated rings. The van der Waals surface area contributed by atoms with Gasteiger partial charge in [0, 0.05) is 22.2 Å². The minimum atomic E-state index is -0.688. The van der Waals surface area contributed by atoms with E-state index in [1.807, 2.05) is 39.8 Å². The minimum absolute atomic E-state index is 0.0655. The summed E-state index contributed by atoms with van der Waals surface area (Å²) in [5.74, 6) is 1.53. The average molecular weight is 564 g/mol. The number of rotatable bonds is 8. The second kappa shape index (κ2) is 10.1. The van der Waals surface area contributed by atoms with E-state index >= 15 is 0 Å². The van der Waals surface area contributed by atoms with Crippen molar-refractivity contribution >= 4 is 40.3 Å². The average Bonchev–Trinajstić information content (AvgIpc) is 3.51. The Bertz CT molecular complexity index is 1690. The van der Waals surface area contributed by atoms with Crippen molar-refractivity contribution in [3.8, 4) is 5.75 Å². The Morgan fingerprint density at radius 2 is 1.80 bits per heavy atom. The van der Waals surface area contributed by atoms with Gasteiger partial charge < -0.3 is 29.8 Å². The first-order valence-electron chi connectivity index (χ1n) is 12.8. The number of halogens is 1. The van der Waals surface area contributed by atoms with Crippen molar-refractivity contribution in [2.24, 2.45) is 5.41 Å². The van der Waals surface area contributed by atoms with Gasteiger partial charge in [-0.25, -0.2) is 0 Å². The highest BCUT2D eigenvalue weighted by Gasteiger charge is 2.36. The third kappa shape index (κ3) is 4.65. The van der Waals surface area contributed by atoms with Crippen LogP contribution in [0.15, 0.2) is 56.5 Å². The molecule has 1 aromatic heterocycles. The van der Waals surface area contributed by atoms with Crippen LogP contribution in [0.2, 0.25) is 5.02 Å². The standard InChI is InChI=1S/C30H30ClN3O6/c1-15-6-11-22(40-15)28(30(2,3)4)33-25-24(26(36)27(25)37)32-20-10-9-19(31)18-13-34(29(38)23(18)20)21-12-17(39-5)8-7-16(21)14-35/h6-12,28,32-33,35H,13-14H2,1-5H3/t28-/m0/s1. The second-order valence-corrected chi connectivity index (χ2v) is 11.3. The molecule has 9 nitrogen and oxygen atoms in total. The number of furan rings is 1. The second-order valence-electron chi connectivity index (χ2n) is 10.9. The van der Waals surface area contributed by atoms with E-state index in [4.69, 9.17) is 20.8 Å². The summed E-state index contributed by atoms with van der Waals surface area (Å²) in [5, 5.41) is 16.5. The topological polar surface area (TPSA) is 121 Å². The number of nitrogens with one attached hydrogen (secondary N) is 2. The summed E-state index contributed by atoms with van der Waals surface area (Å²) in [6, 6.07) is 11.6. The van der Waals surface area contributed by atoms with Gasteiger partial charge in [0.05, 0.1) is 43.2 Å². The van der Waals surface area contributed by atoms with Gasteiger partial charge in [-0.1, -0.05) is 38.4 Å². The zero-order chi connectivity index (χ0) is 28.9. The smallest absolute Gasteiger partial charge is 0.261 e. The summed E-state index contributed by atoms with van der Waals surface area (Å²) < 4.78 is 11.2. The lowest BCUT2D eigenvalue weighted by atomic mass is 9.85. The molecule has 0 spiro atoms. The molecular weight excluding hydrogens is 534 g/mol. The van der Waals surface area contributed by atoms with Gasteiger partial charge in [0.1, 0.15) is 28.6 Å². The maximum absolute atomic E-state index is 13.8. The van der Waals surface area contributed by atoms with Crippen LogP contribution in [-0.4, -0.2) is 18.1 Å². The molecule has 1 aliphatic rings. The number of benzene rings is 2.